The van der Waals surface area contributed by atoms with Crippen molar-refractivity contribution in [2.45, 2.75) is 12.6 Å². The number of halogens is 4. The van der Waals surface area contributed by atoms with Crippen molar-refractivity contribution in [2.24, 2.45) is 5.73 Å². The van der Waals surface area contributed by atoms with Gasteiger partial charge in [0.15, 0.2) is 11.4 Å². The molecule has 0 aliphatic heterocycles. The maximum absolute atomic E-state index is 13.6. The molecule has 3 aromatic rings. The number of primary amides is 1. The molecule has 0 bridgehead atoms. The molecular formula is C19H15F4N5O2. The van der Waals surface area contributed by atoms with Gasteiger partial charge in [-0.25, -0.2) is 9.07 Å². The van der Waals surface area contributed by atoms with Crippen LogP contribution in [0, 0.1) is 5.82 Å². The molecule has 0 radical (unpaired) electrons. The van der Waals surface area contributed by atoms with Crippen LogP contribution in [0.3, 0.4) is 0 Å². The van der Waals surface area contributed by atoms with Crippen LogP contribution in [0.15, 0.2) is 48.5 Å². The fraction of sp³-hybridized carbons (Fsp3) is 0.158. The molecule has 0 unspecified atom stereocenters. The first-order valence-corrected chi connectivity index (χ1v) is 8.62. The molecule has 156 valence electrons. The van der Waals surface area contributed by atoms with Crippen LogP contribution in [-0.2, 0) is 12.6 Å². The van der Waals surface area contributed by atoms with Crippen LogP contribution in [0.4, 0.5) is 17.6 Å². The van der Waals surface area contributed by atoms with E-state index < -0.39 is 35.2 Å². The predicted octanol–water partition coefficient (Wildman–Crippen LogP) is 2.50. The van der Waals surface area contributed by atoms with Gasteiger partial charge >= 0.3 is 6.18 Å². The molecule has 0 saturated carbocycles. The zero-order chi connectivity index (χ0) is 21.9. The Balaban J connectivity index is 1.78. The fourth-order valence-electron chi connectivity index (χ4n) is 2.74. The Labute approximate surface area is 167 Å². The van der Waals surface area contributed by atoms with Gasteiger partial charge in [0.1, 0.15) is 5.82 Å². The summed E-state index contributed by atoms with van der Waals surface area (Å²) >= 11 is 0. The summed E-state index contributed by atoms with van der Waals surface area (Å²) in [5.41, 5.74) is 3.76. The summed E-state index contributed by atoms with van der Waals surface area (Å²) in [6.07, 6.45) is -4.68. The number of carbonyl (C=O) groups excluding carboxylic acids is 2. The second-order valence-electron chi connectivity index (χ2n) is 6.24. The molecule has 0 fully saturated rings. The van der Waals surface area contributed by atoms with Gasteiger partial charge in [0.2, 0.25) is 5.91 Å². The maximum Gasteiger partial charge on any atom is 0.435 e. The monoisotopic (exact) mass is 421 g/mol. The zero-order valence-electron chi connectivity index (χ0n) is 15.3. The number of aromatic nitrogens is 3. The Kier molecular flexibility index (Phi) is 5.81. The molecule has 0 aliphatic carbocycles. The van der Waals surface area contributed by atoms with Crippen LogP contribution in [-0.4, -0.2) is 33.4 Å². The summed E-state index contributed by atoms with van der Waals surface area (Å²) in [5, 5.41) is 9.13. The number of benzene rings is 2. The van der Waals surface area contributed by atoms with Gasteiger partial charge in [-0.05, 0) is 48.4 Å². The Morgan fingerprint density at radius 2 is 1.80 bits per heavy atom. The first-order chi connectivity index (χ1) is 14.2. The third-order valence-electron chi connectivity index (χ3n) is 4.14. The minimum absolute atomic E-state index is 0.0121. The summed E-state index contributed by atoms with van der Waals surface area (Å²) in [7, 11) is 0. The molecule has 0 atom stereocenters. The summed E-state index contributed by atoms with van der Waals surface area (Å²) in [6, 6.07) is 10.5. The van der Waals surface area contributed by atoms with Gasteiger partial charge in [-0.2, -0.15) is 13.2 Å². The van der Waals surface area contributed by atoms with Gasteiger partial charge in [-0.3, -0.25) is 9.59 Å². The molecule has 7 nitrogen and oxygen atoms in total. The van der Waals surface area contributed by atoms with E-state index in [2.05, 4.69) is 15.6 Å². The molecule has 0 spiro atoms. The largest absolute Gasteiger partial charge is 0.435 e. The zero-order valence-corrected chi connectivity index (χ0v) is 15.3. The molecule has 0 saturated heterocycles. The number of hydrogen-bond donors (Lipinski definition) is 2. The Morgan fingerprint density at radius 3 is 2.43 bits per heavy atom. The SMILES string of the molecule is NC(=O)c1cccc(CCNC(=O)c2nnn(-c3ccc(F)cc3)c2C(F)(F)F)c1. The highest BCUT2D eigenvalue weighted by Gasteiger charge is 2.41. The van der Waals surface area contributed by atoms with E-state index in [9.17, 15) is 27.2 Å². The molecule has 3 N–H and O–H groups in total. The van der Waals surface area contributed by atoms with Crippen molar-refractivity contribution in [3.63, 3.8) is 0 Å². The van der Waals surface area contributed by atoms with Crippen molar-refractivity contribution in [2.75, 3.05) is 6.54 Å². The third-order valence-corrected chi connectivity index (χ3v) is 4.14. The Bertz CT molecular complexity index is 1080. The molecule has 30 heavy (non-hydrogen) atoms. The molecule has 0 aliphatic rings. The summed E-state index contributed by atoms with van der Waals surface area (Å²) in [5.74, 6) is -2.32. The summed E-state index contributed by atoms with van der Waals surface area (Å²) < 4.78 is 54.2. The predicted molar refractivity (Wildman–Crippen MR) is 97.3 cm³/mol. The van der Waals surface area contributed by atoms with Crippen molar-refractivity contribution < 1.29 is 27.2 Å². The van der Waals surface area contributed by atoms with Gasteiger partial charge in [0.25, 0.3) is 5.91 Å². The van der Waals surface area contributed by atoms with Crippen molar-refractivity contribution >= 4 is 11.8 Å². The van der Waals surface area contributed by atoms with Gasteiger partial charge < -0.3 is 11.1 Å². The average molecular weight is 421 g/mol. The minimum Gasteiger partial charge on any atom is -0.366 e. The number of hydrogen-bond acceptors (Lipinski definition) is 4. The van der Waals surface area contributed by atoms with E-state index in [0.29, 0.717) is 10.2 Å². The molecule has 11 heteroatoms. The normalized spacial score (nSPS) is 11.3. The molecule has 1 heterocycles. The third kappa shape index (κ3) is 4.62. The van der Waals surface area contributed by atoms with E-state index in [0.717, 1.165) is 24.3 Å². The standard InChI is InChI=1S/C19H15F4N5O2/c20-13-4-6-14(7-5-13)28-16(19(21,22)23)15(26-27-28)18(30)25-9-8-11-2-1-3-12(10-11)17(24)29/h1-7,10H,8-9H2,(H2,24,29)(H,25,30). The molecule has 2 amide bonds. The van der Waals surface area contributed by atoms with Crippen LogP contribution < -0.4 is 11.1 Å². The summed E-state index contributed by atoms with van der Waals surface area (Å²) in [4.78, 5) is 23.5. The summed E-state index contributed by atoms with van der Waals surface area (Å²) in [6.45, 7) is -0.0121. The maximum atomic E-state index is 13.6. The number of alkyl halides is 3. The van der Waals surface area contributed by atoms with E-state index in [4.69, 9.17) is 5.73 Å². The lowest BCUT2D eigenvalue weighted by molar-refractivity contribution is -0.143. The van der Waals surface area contributed by atoms with Gasteiger partial charge in [0, 0.05) is 12.1 Å². The van der Waals surface area contributed by atoms with Crippen LogP contribution in [0.25, 0.3) is 5.69 Å². The Morgan fingerprint density at radius 1 is 1.10 bits per heavy atom. The number of amides is 2. The topological polar surface area (TPSA) is 103 Å². The number of nitrogens with two attached hydrogens (primary N) is 1. The van der Waals surface area contributed by atoms with Crippen LogP contribution in [0.5, 0.6) is 0 Å². The quantitative estimate of drug-likeness (QED) is 0.597. The van der Waals surface area contributed by atoms with Crippen molar-refractivity contribution in [1.82, 2.24) is 20.3 Å². The van der Waals surface area contributed by atoms with Gasteiger partial charge in [0.05, 0.1) is 5.69 Å². The van der Waals surface area contributed by atoms with Crippen molar-refractivity contribution in [1.29, 1.82) is 0 Å². The van der Waals surface area contributed by atoms with Crippen molar-refractivity contribution in [3.05, 3.63) is 76.9 Å². The number of nitrogens with zero attached hydrogens (tertiary/aromatic N) is 3. The molecular weight excluding hydrogens is 406 g/mol. The lowest BCUT2D eigenvalue weighted by atomic mass is 10.1. The first-order valence-electron chi connectivity index (χ1n) is 8.62. The van der Waals surface area contributed by atoms with E-state index in [1.54, 1.807) is 12.1 Å². The number of rotatable bonds is 6. The van der Waals surface area contributed by atoms with Crippen LogP contribution in [0.2, 0.25) is 0 Å². The first kappa shape index (κ1) is 21.0. The van der Waals surface area contributed by atoms with E-state index >= 15 is 0 Å². The lowest BCUT2D eigenvalue weighted by Gasteiger charge is -2.11. The van der Waals surface area contributed by atoms with E-state index in [1.165, 1.54) is 12.1 Å². The molecule has 1 aromatic heterocycles. The number of carbonyl (C=O) groups is 2. The average Bonchev–Trinajstić information content (AvgIpc) is 3.14. The second kappa shape index (κ2) is 8.31. The molecule has 2 aromatic carbocycles. The van der Waals surface area contributed by atoms with Crippen LogP contribution in [0.1, 0.15) is 32.1 Å². The van der Waals surface area contributed by atoms with Gasteiger partial charge in [-0.1, -0.05) is 17.3 Å². The highest BCUT2D eigenvalue weighted by atomic mass is 19.4. The highest BCUT2D eigenvalue weighted by Crippen LogP contribution is 2.32. The molecule has 3 rings (SSSR count). The second-order valence-corrected chi connectivity index (χ2v) is 6.24. The fourth-order valence-corrected chi connectivity index (χ4v) is 2.74. The Hall–Kier alpha value is -3.76. The smallest absolute Gasteiger partial charge is 0.366 e. The van der Waals surface area contributed by atoms with E-state index in [-0.39, 0.29) is 24.2 Å². The minimum atomic E-state index is -4.93. The van der Waals surface area contributed by atoms with Crippen molar-refractivity contribution in [3.8, 4) is 5.69 Å². The lowest BCUT2D eigenvalue weighted by Crippen LogP contribution is -2.29. The van der Waals surface area contributed by atoms with Crippen LogP contribution >= 0.6 is 0 Å². The van der Waals surface area contributed by atoms with Gasteiger partial charge in [-0.15, -0.1) is 5.10 Å². The highest BCUT2D eigenvalue weighted by molar-refractivity contribution is 5.94. The van der Waals surface area contributed by atoms with E-state index in [1.807, 2.05) is 0 Å². The number of nitrogens with one attached hydrogen (secondary N) is 1.